The maximum absolute atomic E-state index is 11.7. The summed E-state index contributed by atoms with van der Waals surface area (Å²) in [7, 11) is 0. The number of aromatic nitrogens is 2. The van der Waals surface area contributed by atoms with Gasteiger partial charge in [-0.25, -0.2) is 4.98 Å². The molecule has 7 nitrogen and oxygen atoms in total. The van der Waals surface area contributed by atoms with E-state index in [1.807, 2.05) is 30.3 Å². The fourth-order valence-electron chi connectivity index (χ4n) is 3.59. The summed E-state index contributed by atoms with van der Waals surface area (Å²) in [6.07, 6.45) is 3.47. The van der Waals surface area contributed by atoms with Crippen LogP contribution < -0.4 is 15.4 Å². The fourth-order valence-corrected chi connectivity index (χ4v) is 3.59. The summed E-state index contributed by atoms with van der Waals surface area (Å²) in [5, 5.41) is 0. The third kappa shape index (κ3) is 4.93. The number of anilines is 1. The molecule has 30 heavy (non-hydrogen) atoms. The van der Waals surface area contributed by atoms with E-state index in [4.69, 9.17) is 10.5 Å². The van der Waals surface area contributed by atoms with E-state index >= 15 is 0 Å². The summed E-state index contributed by atoms with van der Waals surface area (Å²) in [5.74, 6) is 1.08. The molecule has 4 rings (SSSR count). The van der Waals surface area contributed by atoms with E-state index in [1.165, 1.54) is 5.56 Å². The van der Waals surface area contributed by atoms with E-state index in [-0.39, 0.29) is 0 Å². The Balaban J connectivity index is 1.33. The lowest BCUT2D eigenvalue weighted by Gasteiger charge is -2.36. The molecule has 1 aliphatic heterocycles. The maximum Gasteiger partial charge on any atom is 0.252 e. The van der Waals surface area contributed by atoms with Crippen molar-refractivity contribution in [1.29, 1.82) is 0 Å². The fraction of sp³-hybridized carbons (Fsp3) is 0.261. The zero-order valence-corrected chi connectivity index (χ0v) is 16.8. The van der Waals surface area contributed by atoms with Crippen molar-refractivity contribution < 1.29 is 9.53 Å². The first-order valence-corrected chi connectivity index (χ1v) is 10.0. The highest BCUT2D eigenvalue weighted by atomic mass is 16.5. The van der Waals surface area contributed by atoms with Crippen molar-refractivity contribution in [2.75, 3.05) is 31.1 Å². The number of nitrogens with zero attached hydrogens (tertiary/aromatic N) is 4. The molecule has 1 saturated heterocycles. The second-order valence-electron chi connectivity index (χ2n) is 7.26. The molecular formula is C23H25N5O2. The summed E-state index contributed by atoms with van der Waals surface area (Å²) in [6, 6.07) is 17.5. The van der Waals surface area contributed by atoms with Gasteiger partial charge in [0, 0.05) is 45.1 Å². The molecule has 3 heterocycles. The molecule has 0 atom stereocenters. The Morgan fingerprint density at radius 2 is 1.80 bits per heavy atom. The van der Waals surface area contributed by atoms with Gasteiger partial charge < -0.3 is 15.4 Å². The number of benzene rings is 1. The minimum atomic E-state index is -0.442. The van der Waals surface area contributed by atoms with Gasteiger partial charge in [0.15, 0.2) is 0 Å². The Morgan fingerprint density at radius 3 is 2.57 bits per heavy atom. The van der Waals surface area contributed by atoms with Gasteiger partial charge in [0.2, 0.25) is 0 Å². The van der Waals surface area contributed by atoms with Gasteiger partial charge in [-0.15, -0.1) is 0 Å². The number of hydrogen-bond acceptors (Lipinski definition) is 6. The molecule has 2 aromatic heterocycles. The Hall–Kier alpha value is -3.45. The van der Waals surface area contributed by atoms with E-state index in [9.17, 15) is 4.79 Å². The number of carbonyl (C=O) groups excluding carboxylic acids is 1. The highest BCUT2D eigenvalue weighted by Gasteiger charge is 2.21. The van der Waals surface area contributed by atoms with Crippen molar-refractivity contribution in [2.24, 2.45) is 5.73 Å². The molecule has 3 aromatic rings. The number of primary amides is 1. The zero-order chi connectivity index (χ0) is 20.8. The van der Waals surface area contributed by atoms with Crippen LogP contribution in [0.15, 0.2) is 67.0 Å². The van der Waals surface area contributed by atoms with Gasteiger partial charge in [0.1, 0.15) is 18.2 Å². The van der Waals surface area contributed by atoms with Gasteiger partial charge in [-0.05, 0) is 42.0 Å². The SMILES string of the molecule is NC(=O)c1cccnc1N1CCN(Cc2cccc(OCc3ccccn3)c2)CC1. The molecule has 1 aliphatic rings. The molecule has 1 fully saturated rings. The van der Waals surface area contributed by atoms with Crippen LogP contribution in [-0.2, 0) is 13.2 Å². The Bertz CT molecular complexity index is 988. The van der Waals surface area contributed by atoms with Crippen LogP contribution in [0.1, 0.15) is 21.6 Å². The summed E-state index contributed by atoms with van der Waals surface area (Å²) >= 11 is 0. The van der Waals surface area contributed by atoms with Crippen LogP contribution in [0, 0.1) is 0 Å². The molecule has 0 saturated carbocycles. The van der Waals surface area contributed by atoms with Crippen LogP contribution in [0.2, 0.25) is 0 Å². The van der Waals surface area contributed by atoms with E-state index < -0.39 is 5.91 Å². The number of amides is 1. The lowest BCUT2D eigenvalue weighted by Crippen LogP contribution is -2.46. The highest BCUT2D eigenvalue weighted by molar-refractivity contribution is 5.97. The molecular weight excluding hydrogens is 378 g/mol. The first-order valence-electron chi connectivity index (χ1n) is 10.0. The average molecular weight is 403 g/mol. The third-order valence-corrected chi connectivity index (χ3v) is 5.14. The molecule has 154 valence electrons. The largest absolute Gasteiger partial charge is 0.487 e. The van der Waals surface area contributed by atoms with Crippen LogP contribution in [-0.4, -0.2) is 47.0 Å². The second kappa shape index (κ2) is 9.37. The molecule has 0 spiro atoms. The van der Waals surface area contributed by atoms with E-state index in [0.717, 1.165) is 44.2 Å². The van der Waals surface area contributed by atoms with E-state index in [2.05, 4.69) is 31.9 Å². The van der Waals surface area contributed by atoms with Gasteiger partial charge in [-0.2, -0.15) is 0 Å². The number of hydrogen-bond donors (Lipinski definition) is 1. The summed E-state index contributed by atoms with van der Waals surface area (Å²) in [4.78, 5) is 24.9. The molecule has 0 bridgehead atoms. The number of nitrogens with two attached hydrogens (primary N) is 1. The van der Waals surface area contributed by atoms with Crippen molar-refractivity contribution in [2.45, 2.75) is 13.2 Å². The zero-order valence-electron chi connectivity index (χ0n) is 16.8. The predicted molar refractivity (Wildman–Crippen MR) is 115 cm³/mol. The lowest BCUT2D eigenvalue weighted by molar-refractivity contribution is 0.1000. The second-order valence-corrected chi connectivity index (χ2v) is 7.26. The smallest absolute Gasteiger partial charge is 0.252 e. The Morgan fingerprint density at radius 1 is 0.967 bits per heavy atom. The highest BCUT2D eigenvalue weighted by Crippen LogP contribution is 2.20. The van der Waals surface area contributed by atoms with Gasteiger partial charge in [-0.1, -0.05) is 18.2 Å². The lowest BCUT2D eigenvalue weighted by atomic mass is 10.1. The van der Waals surface area contributed by atoms with Gasteiger partial charge in [0.25, 0.3) is 5.91 Å². The molecule has 1 aromatic carbocycles. The number of rotatable bonds is 7. The minimum absolute atomic E-state index is 0.442. The predicted octanol–water partition coefficient (Wildman–Crippen LogP) is 2.48. The Labute approximate surface area is 176 Å². The molecule has 2 N–H and O–H groups in total. The molecule has 0 aliphatic carbocycles. The van der Waals surface area contributed by atoms with Crippen LogP contribution in [0.3, 0.4) is 0 Å². The molecule has 1 amide bonds. The maximum atomic E-state index is 11.7. The number of pyridine rings is 2. The average Bonchev–Trinajstić information content (AvgIpc) is 2.79. The number of piperazine rings is 1. The van der Waals surface area contributed by atoms with Crippen molar-refractivity contribution in [3.05, 3.63) is 83.8 Å². The third-order valence-electron chi connectivity index (χ3n) is 5.14. The molecule has 0 radical (unpaired) electrons. The Kier molecular flexibility index (Phi) is 6.20. The normalized spacial score (nSPS) is 14.5. The molecule has 0 unspecified atom stereocenters. The first-order chi connectivity index (χ1) is 14.7. The van der Waals surface area contributed by atoms with Crippen molar-refractivity contribution in [1.82, 2.24) is 14.9 Å². The quantitative estimate of drug-likeness (QED) is 0.652. The van der Waals surface area contributed by atoms with Crippen LogP contribution in [0.4, 0.5) is 5.82 Å². The van der Waals surface area contributed by atoms with Crippen molar-refractivity contribution in [3.8, 4) is 5.75 Å². The summed E-state index contributed by atoms with van der Waals surface area (Å²) in [5.41, 5.74) is 8.08. The monoisotopic (exact) mass is 403 g/mol. The standard InChI is InChI=1S/C23H25N5O2/c24-22(29)21-8-4-10-26-23(21)28-13-11-27(12-14-28)16-18-5-3-7-20(15-18)30-17-19-6-1-2-9-25-19/h1-10,15H,11-14,16-17H2,(H2,24,29). The van der Waals surface area contributed by atoms with Crippen LogP contribution in [0.5, 0.6) is 5.75 Å². The topological polar surface area (TPSA) is 84.6 Å². The van der Waals surface area contributed by atoms with Gasteiger partial charge in [-0.3, -0.25) is 14.7 Å². The minimum Gasteiger partial charge on any atom is -0.487 e. The van der Waals surface area contributed by atoms with Crippen molar-refractivity contribution >= 4 is 11.7 Å². The van der Waals surface area contributed by atoms with Crippen molar-refractivity contribution in [3.63, 3.8) is 0 Å². The van der Waals surface area contributed by atoms with E-state index in [0.29, 0.717) is 18.0 Å². The van der Waals surface area contributed by atoms with E-state index in [1.54, 1.807) is 24.5 Å². The van der Waals surface area contributed by atoms with Gasteiger partial charge >= 0.3 is 0 Å². The van der Waals surface area contributed by atoms with Gasteiger partial charge in [0.05, 0.1) is 11.3 Å². The van der Waals surface area contributed by atoms with Crippen LogP contribution >= 0.6 is 0 Å². The summed E-state index contributed by atoms with van der Waals surface area (Å²) < 4.78 is 5.89. The number of carbonyl (C=O) groups is 1. The first kappa shape index (κ1) is 19.8. The molecule has 7 heteroatoms. The summed E-state index contributed by atoms with van der Waals surface area (Å²) in [6.45, 7) is 4.66. The number of ether oxygens (including phenoxy) is 1. The van der Waals surface area contributed by atoms with Crippen LogP contribution in [0.25, 0.3) is 0 Å².